The average Bonchev–Trinajstić information content (AvgIpc) is 2.46. The summed E-state index contributed by atoms with van der Waals surface area (Å²) >= 11 is 6.40. The van der Waals surface area contributed by atoms with E-state index in [1.54, 1.807) is 0 Å². The van der Waals surface area contributed by atoms with E-state index in [0.717, 1.165) is 12.2 Å². The Bertz CT molecular complexity index is 295. The zero-order valence-corrected chi connectivity index (χ0v) is 9.37. The van der Waals surface area contributed by atoms with Crippen molar-refractivity contribution in [2.75, 3.05) is 0 Å². The first-order valence-electron chi connectivity index (χ1n) is 5.40. The van der Waals surface area contributed by atoms with E-state index in [-0.39, 0.29) is 5.38 Å². The highest BCUT2D eigenvalue weighted by Gasteiger charge is 2.25. The third-order valence-electron chi connectivity index (χ3n) is 3.12. The van der Waals surface area contributed by atoms with Crippen LogP contribution < -0.4 is 0 Å². The number of imidazole rings is 1. The second kappa shape index (κ2) is 4.35. The molecule has 0 bridgehead atoms. The fourth-order valence-electron chi connectivity index (χ4n) is 2.29. The van der Waals surface area contributed by atoms with Crippen LogP contribution >= 0.6 is 11.6 Å². The highest BCUT2D eigenvalue weighted by atomic mass is 35.5. The lowest BCUT2D eigenvalue weighted by molar-refractivity contribution is 0.549. The van der Waals surface area contributed by atoms with E-state index in [2.05, 4.69) is 16.6 Å². The number of halogens is 1. The molecule has 0 amide bonds. The highest BCUT2D eigenvalue weighted by Crippen LogP contribution is 2.34. The van der Waals surface area contributed by atoms with Gasteiger partial charge in [0.25, 0.3) is 0 Å². The molecule has 0 N–H and O–H groups in total. The van der Waals surface area contributed by atoms with E-state index in [0.29, 0.717) is 5.92 Å². The summed E-state index contributed by atoms with van der Waals surface area (Å²) in [5.41, 5.74) is 0. The maximum absolute atomic E-state index is 6.40. The molecule has 3 heteroatoms. The van der Waals surface area contributed by atoms with Crippen molar-refractivity contribution in [1.29, 1.82) is 0 Å². The number of aryl methyl sites for hydroxylation is 1. The summed E-state index contributed by atoms with van der Waals surface area (Å²) in [7, 11) is 2.05. The Morgan fingerprint density at radius 3 is 2.86 bits per heavy atom. The fraction of sp³-hybridized carbons (Fsp3) is 0.727. The van der Waals surface area contributed by atoms with Gasteiger partial charge in [-0.1, -0.05) is 19.3 Å². The Morgan fingerprint density at radius 1 is 1.36 bits per heavy atom. The van der Waals surface area contributed by atoms with Gasteiger partial charge in [0, 0.05) is 30.7 Å². The van der Waals surface area contributed by atoms with Crippen molar-refractivity contribution < 1.29 is 0 Å². The first-order chi connectivity index (χ1) is 6.79. The van der Waals surface area contributed by atoms with Gasteiger partial charge in [-0.05, 0) is 12.8 Å². The molecule has 1 aliphatic carbocycles. The summed E-state index contributed by atoms with van der Waals surface area (Å²) in [4.78, 5) is 4.41. The summed E-state index contributed by atoms with van der Waals surface area (Å²) in [5.74, 6) is 1.62. The molecule has 0 saturated heterocycles. The molecule has 78 valence electrons. The molecule has 0 aliphatic heterocycles. The van der Waals surface area contributed by atoms with Gasteiger partial charge in [-0.15, -0.1) is 11.6 Å². The van der Waals surface area contributed by atoms with Gasteiger partial charge >= 0.3 is 0 Å². The van der Waals surface area contributed by atoms with Gasteiger partial charge in [0.1, 0.15) is 5.82 Å². The Hall–Kier alpha value is -0.500. The Labute approximate surface area is 90.3 Å². The first kappa shape index (κ1) is 10.0. The molecular weight excluding hydrogens is 196 g/mol. The SMILES string of the molecule is Cn1ccnc1C1CCCCCC1Cl. The van der Waals surface area contributed by atoms with Crippen molar-refractivity contribution in [2.24, 2.45) is 7.05 Å². The molecule has 2 nitrogen and oxygen atoms in total. The van der Waals surface area contributed by atoms with Crippen molar-refractivity contribution >= 4 is 11.6 Å². The van der Waals surface area contributed by atoms with Crippen LogP contribution in [-0.2, 0) is 7.05 Å². The lowest BCUT2D eigenvalue weighted by atomic mass is 9.99. The second-order valence-electron chi connectivity index (χ2n) is 4.16. The normalized spacial score (nSPS) is 28.7. The van der Waals surface area contributed by atoms with E-state index in [1.807, 2.05) is 12.4 Å². The largest absolute Gasteiger partial charge is 0.338 e. The Morgan fingerprint density at radius 2 is 2.14 bits per heavy atom. The molecule has 0 spiro atoms. The van der Waals surface area contributed by atoms with Crippen molar-refractivity contribution in [1.82, 2.24) is 9.55 Å². The molecule has 1 saturated carbocycles. The lowest BCUT2D eigenvalue weighted by Crippen LogP contribution is -2.15. The number of hydrogen-bond donors (Lipinski definition) is 0. The Balaban J connectivity index is 2.19. The van der Waals surface area contributed by atoms with Crippen LogP contribution in [0.5, 0.6) is 0 Å². The minimum Gasteiger partial charge on any atom is -0.338 e. The van der Waals surface area contributed by atoms with Crippen LogP contribution in [0.4, 0.5) is 0 Å². The topological polar surface area (TPSA) is 17.8 Å². The fourth-order valence-corrected chi connectivity index (χ4v) is 2.68. The van der Waals surface area contributed by atoms with Gasteiger partial charge in [-0.3, -0.25) is 0 Å². The number of hydrogen-bond acceptors (Lipinski definition) is 1. The van der Waals surface area contributed by atoms with E-state index in [1.165, 1.54) is 25.7 Å². The van der Waals surface area contributed by atoms with E-state index >= 15 is 0 Å². The van der Waals surface area contributed by atoms with Crippen molar-refractivity contribution in [3.63, 3.8) is 0 Å². The van der Waals surface area contributed by atoms with Crippen LogP contribution in [0.15, 0.2) is 12.4 Å². The zero-order valence-electron chi connectivity index (χ0n) is 8.62. The molecule has 2 unspecified atom stereocenters. The summed E-state index contributed by atoms with van der Waals surface area (Å²) in [6.07, 6.45) is 10.1. The van der Waals surface area contributed by atoms with Gasteiger partial charge in [0.2, 0.25) is 0 Å². The highest BCUT2D eigenvalue weighted by molar-refractivity contribution is 6.21. The molecule has 0 radical (unpaired) electrons. The molecule has 2 rings (SSSR count). The molecule has 1 aliphatic rings. The molecule has 14 heavy (non-hydrogen) atoms. The maximum atomic E-state index is 6.40. The first-order valence-corrected chi connectivity index (χ1v) is 5.84. The van der Waals surface area contributed by atoms with Crippen molar-refractivity contribution in [3.05, 3.63) is 18.2 Å². The number of aromatic nitrogens is 2. The Kier molecular flexibility index (Phi) is 3.12. The lowest BCUT2D eigenvalue weighted by Gasteiger charge is -2.18. The molecular formula is C11H17ClN2. The van der Waals surface area contributed by atoms with Crippen LogP contribution in [0.25, 0.3) is 0 Å². The smallest absolute Gasteiger partial charge is 0.112 e. The van der Waals surface area contributed by atoms with Crippen LogP contribution in [0, 0.1) is 0 Å². The predicted molar refractivity (Wildman–Crippen MR) is 58.7 cm³/mol. The van der Waals surface area contributed by atoms with Gasteiger partial charge in [-0.25, -0.2) is 4.98 Å². The summed E-state index contributed by atoms with van der Waals surface area (Å²) in [5, 5.41) is 0.276. The molecule has 2 atom stereocenters. The molecule has 1 fully saturated rings. The van der Waals surface area contributed by atoms with Gasteiger partial charge in [0.05, 0.1) is 0 Å². The van der Waals surface area contributed by atoms with Crippen LogP contribution in [-0.4, -0.2) is 14.9 Å². The van der Waals surface area contributed by atoms with Crippen molar-refractivity contribution in [2.45, 2.75) is 43.4 Å². The van der Waals surface area contributed by atoms with E-state index in [9.17, 15) is 0 Å². The average molecular weight is 213 g/mol. The van der Waals surface area contributed by atoms with Crippen LogP contribution in [0.1, 0.15) is 43.8 Å². The van der Waals surface area contributed by atoms with Crippen molar-refractivity contribution in [3.8, 4) is 0 Å². The zero-order chi connectivity index (χ0) is 9.97. The molecule has 0 aromatic carbocycles. The molecule has 1 aromatic heterocycles. The van der Waals surface area contributed by atoms with E-state index in [4.69, 9.17) is 11.6 Å². The van der Waals surface area contributed by atoms with E-state index < -0.39 is 0 Å². The molecule has 1 heterocycles. The number of nitrogens with zero attached hydrogens (tertiary/aromatic N) is 2. The van der Waals surface area contributed by atoms with Gasteiger partial charge < -0.3 is 4.57 Å². The third-order valence-corrected chi connectivity index (χ3v) is 3.64. The second-order valence-corrected chi connectivity index (χ2v) is 4.72. The minimum atomic E-state index is 0.276. The summed E-state index contributed by atoms with van der Waals surface area (Å²) in [6, 6.07) is 0. The van der Waals surface area contributed by atoms with Crippen LogP contribution in [0.2, 0.25) is 0 Å². The maximum Gasteiger partial charge on any atom is 0.112 e. The standard InChI is InChI=1S/C11H17ClN2/c1-14-8-7-13-11(14)9-5-3-2-4-6-10(9)12/h7-10H,2-6H2,1H3. The monoisotopic (exact) mass is 212 g/mol. The van der Waals surface area contributed by atoms with Crippen LogP contribution in [0.3, 0.4) is 0 Å². The number of alkyl halides is 1. The summed E-state index contributed by atoms with van der Waals surface area (Å²) < 4.78 is 2.10. The third kappa shape index (κ3) is 1.95. The van der Waals surface area contributed by atoms with Gasteiger partial charge in [-0.2, -0.15) is 0 Å². The predicted octanol–water partition coefficient (Wildman–Crippen LogP) is 3.08. The summed E-state index contributed by atoms with van der Waals surface area (Å²) in [6.45, 7) is 0. The number of rotatable bonds is 1. The molecule has 1 aromatic rings. The minimum absolute atomic E-state index is 0.276. The quantitative estimate of drug-likeness (QED) is 0.517. The van der Waals surface area contributed by atoms with Gasteiger partial charge in [0.15, 0.2) is 0 Å².